The lowest BCUT2D eigenvalue weighted by Crippen LogP contribution is -2.61. The summed E-state index contributed by atoms with van der Waals surface area (Å²) in [6, 6.07) is 0. The van der Waals surface area contributed by atoms with Gasteiger partial charge in [-0.15, -0.1) is 0 Å². The van der Waals surface area contributed by atoms with Crippen LogP contribution in [0, 0.1) is 52.3 Å². The molecule has 1 N–H and O–H groups in total. The normalized spacial score (nSPS) is 49.9. The lowest BCUT2D eigenvalue weighted by atomic mass is 9.41. The lowest BCUT2D eigenvalue weighted by Gasteiger charge is -2.64. The minimum atomic E-state index is -0.0268. The van der Waals surface area contributed by atoms with E-state index in [1.165, 1.54) is 70.6 Å². The molecule has 0 amide bonds. The molecule has 170 valence electrons. The zero-order valence-electron chi connectivity index (χ0n) is 20.8. The highest BCUT2D eigenvalue weighted by Crippen LogP contribution is 2.69. The smallest absolute Gasteiger partial charge is 0.0605 e. The van der Waals surface area contributed by atoms with Crippen LogP contribution in [0.15, 0.2) is 0 Å². The summed E-state index contributed by atoms with van der Waals surface area (Å²) in [7, 11) is 0. The summed E-state index contributed by atoms with van der Waals surface area (Å²) in [5, 5.41) is 11.7. The molecule has 4 fully saturated rings. The van der Waals surface area contributed by atoms with Gasteiger partial charge in [0, 0.05) is 0 Å². The first-order chi connectivity index (χ1) is 13.9. The van der Waals surface area contributed by atoms with Crippen molar-refractivity contribution in [2.24, 2.45) is 52.3 Å². The van der Waals surface area contributed by atoms with Crippen molar-refractivity contribution in [1.29, 1.82) is 0 Å². The van der Waals surface area contributed by atoms with Crippen LogP contribution in [0.4, 0.5) is 0 Å². The van der Waals surface area contributed by atoms with Gasteiger partial charge in [-0.05, 0) is 90.8 Å². The second-order valence-corrected chi connectivity index (χ2v) is 11.7. The predicted octanol–water partition coefficient (Wildman–Crippen LogP) is 8.10. The third-order valence-electron chi connectivity index (χ3n) is 10.8. The van der Waals surface area contributed by atoms with Crippen LogP contribution in [0.1, 0.15) is 119 Å². The molecular weight excluding hydrogens is 352 g/mol. The van der Waals surface area contributed by atoms with Gasteiger partial charge < -0.3 is 5.11 Å². The number of aliphatic hydroxyl groups excluding tert-OH is 1. The van der Waals surface area contributed by atoms with Gasteiger partial charge in [-0.1, -0.05) is 80.6 Å². The Kier molecular flexibility index (Phi) is 7.51. The van der Waals surface area contributed by atoms with E-state index in [0.717, 1.165) is 29.6 Å². The van der Waals surface area contributed by atoms with Gasteiger partial charge >= 0.3 is 0 Å². The first kappa shape index (κ1) is 23.6. The van der Waals surface area contributed by atoms with Crippen molar-refractivity contribution >= 4 is 0 Å². The van der Waals surface area contributed by atoms with Crippen molar-refractivity contribution < 1.29 is 5.11 Å². The topological polar surface area (TPSA) is 20.2 Å². The molecule has 4 rings (SSSR count). The summed E-state index contributed by atoms with van der Waals surface area (Å²) in [4.78, 5) is 0. The van der Waals surface area contributed by atoms with Crippen molar-refractivity contribution in [3.8, 4) is 0 Å². The summed E-state index contributed by atoms with van der Waals surface area (Å²) >= 11 is 0. The van der Waals surface area contributed by atoms with Crippen LogP contribution in [0.25, 0.3) is 0 Å². The molecule has 4 saturated carbocycles. The van der Waals surface area contributed by atoms with E-state index in [4.69, 9.17) is 0 Å². The van der Waals surface area contributed by atoms with Crippen LogP contribution in [0.5, 0.6) is 0 Å². The van der Waals surface area contributed by atoms with Crippen molar-refractivity contribution in [3.63, 3.8) is 0 Å². The summed E-state index contributed by atoms with van der Waals surface area (Å²) in [5.74, 6) is 5.27. The van der Waals surface area contributed by atoms with Crippen LogP contribution in [0.2, 0.25) is 0 Å². The maximum absolute atomic E-state index is 11.7. The monoisotopic (exact) mass is 404 g/mol. The minimum Gasteiger partial charge on any atom is -0.393 e. The van der Waals surface area contributed by atoms with E-state index in [9.17, 15) is 5.11 Å². The molecule has 0 saturated heterocycles. The summed E-state index contributed by atoms with van der Waals surface area (Å²) in [6.45, 7) is 16.5. The Bertz CT molecular complexity index is 528. The average Bonchev–Trinajstić information content (AvgIpc) is 3.07. The molecule has 7 unspecified atom stereocenters. The molecule has 0 heterocycles. The number of hydrogen-bond donors (Lipinski definition) is 1. The fourth-order valence-electron chi connectivity index (χ4n) is 9.67. The third-order valence-corrected chi connectivity index (χ3v) is 10.8. The number of rotatable bonds is 4. The van der Waals surface area contributed by atoms with Crippen molar-refractivity contribution in [2.45, 2.75) is 125 Å². The highest BCUT2D eigenvalue weighted by Gasteiger charge is 2.64. The van der Waals surface area contributed by atoms with Crippen LogP contribution in [-0.2, 0) is 0 Å². The molecule has 0 aliphatic heterocycles. The van der Waals surface area contributed by atoms with Crippen LogP contribution >= 0.6 is 0 Å². The van der Waals surface area contributed by atoms with Gasteiger partial charge in [-0.2, -0.15) is 0 Å². The first-order valence-electron chi connectivity index (χ1n) is 13.6. The average molecular weight is 405 g/mol. The maximum Gasteiger partial charge on any atom is 0.0605 e. The Balaban J connectivity index is 0.00000117. The van der Waals surface area contributed by atoms with Crippen LogP contribution in [0.3, 0.4) is 0 Å². The summed E-state index contributed by atoms with van der Waals surface area (Å²) in [6.07, 6.45) is 15.2. The molecule has 0 bridgehead atoms. The van der Waals surface area contributed by atoms with Crippen molar-refractivity contribution in [2.75, 3.05) is 0 Å². The van der Waals surface area contributed by atoms with E-state index in [2.05, 4.69) is 34.6 Å². The molecule has 1 nitrogen and oxygen atoms in total. The van der Waals surface area contributed by atoms with Gasteiger partial charge in [-0.25, -0.2) is 0 Å². The second kappa shape index (κ2) is 9.22. The van der Waals surface area contributed by atoms with Gasteiger partial charge in [0.1, 0.15) is 0 Å². The Morgan fingerprint density at radius 2 is 1.55 bits per heavy atom. The molecule has 4 aliphatic carbocycles. The number of fused-ring (bicyclic) bond motifs is 5. The predicted molar refractivity (Wildman–Crippen MR) is 126 cm³/mol. The van der Waals surface area contributed by atoms with Crippen LogP contribution in [-0.4, -0.2) is 11.2 Å². The Morgan fingerprint density at radius 3 is 2.21 bits per heavy atom. The van der Waals surface area contributed by atoms with Gasteiger partial charge in [-0.3, -0.25) is 0 Å². The van der Waals surface area contributed by atoms with Gasteiger partial charge in [0.05, 0.1) is 6.10 Å². The maximum atomic E-state index is 11.7. The van der Waals surface area contributed by atoms with E-state index in [-0.39, 0.29) is 6.10 Å². The standard InChI is InChI=1S/C26H46O.C2H6/c1-6-10-17(3)19-12-13-21-23-22(14-16-26(19,21)5)25(4)15-9-8-11-20(25)18(7-2)24(23)27;1-2/h17-24,27H,6-16H2,1-5H3;1-2H3/t17-,18-,19?,20?,21?,22?,23?,24-,25?,26?;/m1./s1. The lowest BCUT2D eigenvalue weighted by molar-refractivity contribution is -0.194. The van der Waals surface area contributed by atoms with E-state index in [1.54, 1.807) is 0 Å². The van der Waals surface area contributed by atoms with Gasteiger partial charge in [0.2, 0.25) is 0 Å². The fraction of sp³-hybridized carbons (Fsp3) is 1.00. The number of hydrogen-bond acceptors (Lipinski definition) is 1. The molecule has 0 aromatic carbocycles. The quantitative estimate of drug-likeness (QED) is 0.501. The molecule has 4 aliphatic rings. The first-order valence-corrected chi connectivity index (χ1v) is 13.6. The van der Waals surface area contributed by atoms with Gasteiger partial charge in [0.25, 0.3) is 0 Å². The molecule has 0 aromatic rings. The highest BCUT2D eigenvalue weighted by atomic mass is 16.3. The third kappa shape index (κ3) is 3.64. The molecule has 10 atom stereocenters. The molecular formula is C28H52O. The molecule has 0 radical (unpaired) electrons. The molecule has 0 aromatic heterocycles. The summed E-state index contributed by atoms with van der Waals surface area (Å²) < 4.78 is 0. The fourth-order valence-corrected chi connectivity index (χ4v) is 9.67. The Hall–Kier alpha value is -0.0400. The minimum absolute atomic E-state index is 0.0268. The Labute approximate surface area is 182 Å². The zero-order valence-corrected chi connectivity index (χ0v) is 20.8. The van der Waals surface area contributed by atoms with E-state index in [0.29, 0.717) is 22.7 Å². The van der Waals surface area contributed by atoms with Crippen molar-refractivity contribution in [3.05, 3.63) is 0 Å². The van der Waals surface area contributed by atoms with E-state index < -0.39 is 0 Å². The Morgan fingerprint density at radius 1 is 0.862 bits per heavy atom. The molecule has 29 heavy (non-hydrogen) atoms. The van der Waals surface area contributed by atoms with Crippen molar-refractivity contribution in [1.82, 2.24) is 0 Å². The number of aliphatic hydroxyl groups is 1. The highest BCUT2D eigenvalue weighted by molar-refractivity contribution is 5.13. The molecule has 0 spiro atoms. The van der Waals surface area contributed by atoms with E-state index in [1.807, 2.05) is 13.8 Å². The van der Waals surface area contributed by atoms with E-state index >= 15 is 0 Å². The summed E-state index contributed by atoms with van der Waals surface area (Å²) in [5.41, 5.74) is 1.00. The van der Waals surface area contributed by atoms with Gasteiger partial charge in [0.15, 0.2) is 0 Å². The molecule has 1 heteroatoms. The van der Waals surface area contributed by atoms with Crippen LogP contribution < -0.4 is 0 Å². The largest absolute Gasteiger partial charge is 0.393 e. The second-order valence-electron chi connectivity index (χ2n) is 11.7. The zero-order chi connectivity index (χ0) is 21.4. The SMILES string of the molecule is CC.CCC[C@@H](C)C1CCC2C3C(CCC21C)C1(C)CCCCC1[C@@H](CC)[C@H]3O.